The number of para-hydroxylation sites is 1. The molecule has 1 aliphatic carbocycles. The number of aromatic nitrogens is 2. The van der Waals surface area contributed by atoms with Crippen LogP contribution in [0.4, 0.5) is 11.5 Å². The third-order valence-corrected chi connectivity index (χ3v) is 6.54. The molecule has 0 bridgehead atoms. The minimum atomic E-state index is -0.446. The summed E-state index contributed by atoms with van der Waals surface area (Å²) >= 11 is 6.30. The van der Waals surface area contributed by atoms with Gasteiger partial charge in [0.2, 0.25) is 0 Å². The summed E-state index contributed by atoms with van der Waals surface area (Å²) < 4.78 is 1.73. The fourth-order valence-corrected chi connectivity index (χ4v) is 4.96. The molecule has 1 aliphatic heterocycles. The lowest BCUT2D eigenvalue weighted by molar-refractivity contribution is -0.118. The molecule has 2 aromatic carbocycles. The van der Waals surface area contributed by atoms with E-state index in [1.165, 1.54) is 0 Å². The highest BCUT2D eigenvalue weighted by Crippen LogP contribution is 2.46. The summed E-state index contributed by atoms with van der Waals surface area (Å²) in [5, 5.41) is 11.5. The van der Waals surface area contributed by atoms with Crippen LogP contribution >= 0.6 is 11.6 Å². The minimum Gasteiger partial charge on any atom is -0.343 e. The number of amides is 1. The summed E-state index contributed by atoms with van der Waals surface area (Å²) in [6.07, 6.45) is 2.72. The van der Waals surface area contributed by atoms with E-state index in [0.717, 1.165) is 22.5 Å². The van der Waals surface area contributed by atoms with E-state index in [1.54, 1.807) is 16.9 Å². The molecule has 168 valence electrons. The molecule has 2 N–H and O–H groups in total. The van der Waals surface area contributed by atoms with Crippen LogP contribution < -0.4 is 10.6 Å². The smallest absolute Gasteiger partial charge is 0.261 e. The Bertz CT molecular complexity index is 1320. The van der Waals surface area contributed by atoms with Crippen LogP contribution in [0.2, 0.25) is 5.02 Å². The summed E-state index contributed by atoms with van der Waals surface area (Å²) in [4.78, 5) is 26.5. The van der Waals surface area contributed by atoms with Crippen molar-refractivity contribution in [3.8, 4) is 0 Å². The van der Waals surface area contributed by atoms with Gasteiger partial charge in [-0.1, -0.05) is 55.8 Å². The maximum absolute atomic E-state index is 13.3. The number of nitrogens with zero attached hydrogens (tertiary/aromatic N) is 2. The molecular weight excluding hydrogens is 436 g/mol. The van der Waals surface area contributed by atoms with Crippen LogP contribution in [0, 0.1) is 12.3 Å². The van der Waals surface area contributed by atoms with Gasteiger partial charge >= 0.3 is 0 Å². The van der Waals surface area contributed by atoms with E-state index in [9.17, 15) is 9.59 Å². The van der Waals surface area contributed by atoms with Gasteiger partial charge in [0.25, 0.3) is 5.91 Å². The Morgan fingerprint density at radius 1 is 1.18 bits per heavy atom. The van der Waals surface area contributed by atoms with Gasteiger partial charge in [0.15, 0.2) is 5.78 Å². The monoisotopic (exact) mass is 460 g/mol. The molecule has 33 heavy (non-hydrogen) atoms. The van der Waals surface area contributed by atoms with E-state index in [0.29, 0.717) is 34.8 Å². The number of carbonyl (C=O) groups is 2. The molecule has 6 nitrogen and oxygen atoms in total. The van der Waals surface area contributed by atoms with E-state index in [2.05, 4.69) is 29.6 Å². The molecule has 0 saturated heterocycles. The minimum absolute atomic E-state index is 0.0887. The topological polar surface area (TPSA) is 76.0 Å². The van der Waals surface area contributed by atoms with Gasteiger partial charge in [0.1, 0.15) is 17.4 Å². The van der Waals surface area contributed by atoms with Crippen LogP contribution in [0.5, 0.6) is 0 Å². The molecule has 0 radical (unpaired) electrons. The molecule has 1 atom stereocenters. The number of Topliss-reactive ketones (excluding diaryl/α,β-unsaturated/α-hetero) is 1. The highest BCUT2D eigenvalue weighted by Gasteiger charge is 2.42. The van der Waals surface area contributed by atoms with E-state index < -0.39 is 6.04 Å². The molecule has 0 unspecified atom stereocenters. The Morgan fingerprint density at radius 3 is 2.73 bits per heavy atom. The van der Waals surface area contributed by atoms with Crippen molar-refractivity contribution >= 4 is 34.8 Å². The molecule has 5 rings (SSSR count). The van der Waals surface area contributed by atoms with Crippen molar-refractivity contribution in [1.29, 1.82) is 0 Å². The molecule has 2 heterocycles. The average molecular weight is 461 g/mol. The SMILES string of the molecule is Cc1ccccc1NC(=O)c1cnn2c1NC1=C(C(=O)CC(C)(C)C1)[C@H]2c1cccc(Cl)c1. The number of allylic oxidation sites excluding steroid dienone is 2. The first-order chi connectivity index (χ1) is 15.7. The van der Waals surface area contributed by atoms with Gasteiger partial charge in [-0.2, -0.15) is 5.10 Å². The molecule has 0 fully saturated rings. The number of aryl methyl sites for hydroxylation is 1. The van der Waals surface area contributed by atoms with Gasteiger partial charge < -0.3 is 10.6 Å². The van der Waals surface area contributed by atoms with Gasteiger partial charge in [-0.3, -0.25) is 9.59 Å². The van der Waals surface area contributed by atoms with E-state index in [4.69, 9.17) is 11.6 Å². The maximum Gasteiger partial charge on any atom is 0.261 e. The van der Waals surface area contributed by atoms with Gasteiger partial charge in [-0.25, -0.2) is 4.68 Å². The zero-order valence-corrected chi connectivity index (χ0v) is 19.5. The number of rotatable bonds is 3. The zero-order valence-electron chi connectivity index (χ0n) is 18.8. The molecule has 7 heteroatoms. The molecule has 1 aromatic heterocycles. The van der Waals surface area contributed by atoms with Crippen LogP contribution in [0.25, 0.3) is 0 Å². The molecular formula is C26H25ClN4O2. The number of anilines is 2. The molecule has 2 aliphatic rings. The number of benzene rings is 2. The highest BCUT2D eigenvalue weighted by atomic mass is 35.5. The Hall–Kier alpha value is -3.38. The fourth-order valence-electron chi connectivity index (χ4n) is 4.76. The van der Waals surface area contributed by atoms with Crippen molar-refractivity contribution < 1.29 is 9.59 Å². The third-order valence-electron chi connectivity index (χ3n) is 6.31. The van der Waals surface area contributed by atoms with Gasteiger partial charge in [0.05, 0.1) is 6.20 Å². The Morgan fingerprint density at radius 2 is 1.97 bits per heavy atom. The normalized spacial score (nSPS) is 18.9. The highest BCUT2D eigenvalue weighted by molar-refractivity contribution is 6.30. The van der Waals surface area contributed by atoms with Crippen molar-refractivity contribution in [2.24, 2.45) is 5.41 Å². The second kappa shape index (κ2) is 7.89. The molecule has 0 saturated carbocycles. The summed E-state index contributed by atoms with van der Waals surface area (Å²) in [6, 6.07) is 14.7. The Balaban J connectivity index is 1.61. The van der Waals surface area contributed by atoms with Crippen LogP contribution in [-0.2, 0) is 4.79 Å². The summed E-state index contributed by atoms with van der Waals surface area (Å²) in [5.74, 6) is 0.412. The first kappa shape index (κ1) is 21.5. The molecule has 1 amide bonds. The van der Waals surface area contributed by atoms with E-state index in [-0.39, 0.29) is 17.1 Å². The third kappa shape index (κ3) is 3.85. The van der Waals surface area contributed by atoms with Crippen molar-refractivity contribution in [3.05, 3.63) is 87.7 Å². The standard InChI is InChI=1S/C26H25ClN4O2/c1-15-7-4-5-10-19(15)30-25(33)18-14-28-31-23(16-8-6-9-17(27)11-16)22-20(29-24(18)31)12-26(2,3)13-21(22)32/h4-11,14,23,29H,12-13H2,1-3H3,(H,30,33)/t23-/m1/s1. The average Bonchev–Trinajstić information content (AvgIpc) is 3.16. The number of fused-ring (bicyclic) bond motifs is 1. The first-order valence-corrected chi connectivity index (χ1v) is 11.3. The lowest BCUT2D eigenvalue weighted by atomic mass is 9.73. The fraction of sp³-hybridized carbons (Fsp3) is 0.269. The second-order valence-corrected chi connectivity index (χ2v) is 9.97. The van der Waals surface area contributed by atoms with E-state index in [1.807, 2.05) is 49.4 Å². The second-order valence-electron chi connectivity index (χ2n) is 9.54. The van der Waals surface area contributed by atoms with E-state index >= 15 is 0 Å². The van der Waals surface area contributed by atoms with Crippen molar-refractivity contribution in [2.45, 2.75) is 39.7 Å². The predicted molar refractivity (Wildman–Crippen MR) is 130 cm³/mol. The van der Waals surface area contributed by atoms with Crippen LogP contribution in [0.3, 0.4) is 0 Å². The number of halogens is 1. The van der Waals surface area contributed by atoms with Crippen molar-refractivity contribution in [1.82, 2.24) is 9.78 Å². The first-order valence-electron chi connectivity index (χ1n) is 11.0. The lowest BCUT2D eigenvalue weighted by Crippen LogP contribution is -2.37. The Kier molecular flexibility index (Phi) is 5.13. The molecule has 3 aromatic rings. The summed E-state index contributed by atoms with van der Waals surface area (Å²) in [6.45, 7) is 6.12. The van der Waals surface area contributed by atoms with Crippen molar-refractivity contribution in [2.75, 3.05) is 10.6 Å². The van der Waals surface area contributed by atoms with Gasteiger partial charge in [0, 0.05) is 28.4 Å². The summed E-state index contributed by atoms with van der Waals surface area (Å²) in [7, 11) is 0. The number of carbonyl (C=O) groups excluding carboxylic acids is 2. The van der Waals surface area contributed by atoms with Crippen LogP contribution in [0.15, 0.2) is 66.0 Å². The number of hydrogen-bond donors (Lipinski definition) is 2. The number of nitrogens with one attached hydrogen (secondary N) is 2. The Labute approximate surface area is 197 Å². The largest absolute Gasteiger partial charge is 0.343 e. The van der Waals surface area contributed by atoms with Crippen LogP contribution in [0.1, 0.15) is 54.2 Å². The summed E-state index contributed by atoms with van der Waals surface area (Å²) in [5.41, 5.74) is 4.37. The number of ketones is 1. The zero-order chi connectivity index (χ0) is 23.3. The lowest BCUT2D eigenvalue weighted by Gasteiger charge is -2.39. The van der Waals surface area contributed by atoms with Crippen molar-refractivity contribution in [3.63, 3.8) is 0 Å². The predicted octanol–water partition coefficient (Wildman–Crippen LogP) is 5.76. The van der Waals surface area contributed by atoms with Gasteiger partial charge in [-0.15, -0.1) is 0 Å². The maximum atomic E-state index is 13.3. The van der Waals surface area contributed by atoms with Crippen LogP contribution in [-0.4, -0.2) is 21.5 Å². The quantitative estimate of drug-likeness (QED) is 0.521. The molecule has 0 spiro atoms. The number of hydrogen-bond acceptors (Lipinski definition) is 4. The van der Waals surface area contributed by atoms with Gasteiger partial charge in [-0.05, 0) is 48.1 Å².